The zero-order valence-corrected chi connectivity index (χ0v) is 12.9. The van der Waals surface area contributed by atoms with Crippen molar-refractivity contribution < 1.29 is 8.42 Å². The summed E-state index contributed by atoms with van der Waals surface area (Å²) >= 11 is 1.29. The van der Waals surface area contributed by atoms with Crippen molar-refractivity contribution in [3.05, 3.63) is 53.4 Å². The number of sulfonamides is 1. The molecule has 2 unspecified atom stereocenters. The summed E-state index contributed by atoms with van der Waals surface area (Å²) in [6, 6.07) is 13.7. The van der Waals surface area contributed by atoms with Gasteiger partial charge >= 0.3 is 0 Å². The molecule has 1 aliphatic rings. The molecule has 0 N–H and O–H groups in total. The van der Waals surface area contributed by atoms with Crippen LogP contribution in [0.3, 0.4) is 0 Å². The first-order chi connectivity index (χ1) is 9.60. The number of nitrogens with zero attached hydrogens (tertiary/aromatic N) is 1. The molecule has 2 atom stereocenters. The molecule has 2 heterocycles. The lowest BCUT2D eigenvalue weighted by molar-refractivity contribution is 0.394. The van der Waals surface area contributed by atoms with E-state index in [1.165, 1.54) is 16.9 Å². The molecule has 3 nitrogen and oxygen atoms in total. The Morgan fingerprint density at radius 2 is 1.90 bits per heavy atom. The smallest absolute Gasteiger partial charge is 0.206 e. The first-order valence-corrected chi connectivity index (χ1v) is 9.03. The Morgan fingerprint density at radius 1 is 1.15 bits per heavy atom. The third-order valence-corrected chi connectivity index (χ3v) is 7.34. The van der Waals surface area contributed by atoms with Gasteiger partial charge in [-0.1, -0.05) is 36.4 Å². The molecule has 106 valence electrons. The van der Waals surface area contributed by atoms with Crippen molar-refractivity contribution in [1.29, 1.82) is 0 Å². The zero-order chi connectivity index (χ0) is 14.2. The van der Waals surface area contributed by atoms with Crippen molar-refractivity contribution in [1.82, 2.24) is 4.31 Å². The van der Waals surface area contributed by atoms with Crippen molar-refractivity contribution in [2.24, 2.45) is 0 Å². The van der Waals surface area contributed by atoms with Gasteiger partial charge in [0.1, 0.15) is 4.21 Å². The van der Waals surface area contributed by atoms with E-state index in [2.05, 4.69) is 12.1 Å². The molecule has 20 heavy (non-hydrogen) atoms. The molecule has 0 amide bonds. The largest absolute Gasteiger partial charge is 0.252 e. The highest BCUT2D eigenvalue weighted by molar-refractivity contribution is 7.91. The van der Waals surface area contributed by atoms with Gasteiger partial charge in [-0.3, -0.25) is 0 Å². The van der Waals surface area contributed by atoms with Crippen molar-refractivity contribution in [2.75, 3.05) is 6.54 Å². The normalized spacial score (nSPS) is 24.1. The molecular weight excluding hydrogens is 290 g/mol. The Kier molecular flexibility index (Phi) is 3.67. The van der Waals surface area contributed by atoms with E-state index in [9.17, 15) is 8.42 Å². The minimum atomic E-state index is -3.33. The highest BCUT2D eigenvalue weighted by atomic mass is 32.2. The third kappa shape index (κ3) is 2.30. The van der Waals surface area contributed by atoms with Crippen LogP contribution in [0.15, 0.2) is 52.1 Å². The first kappa shape index (κ1) is 13.8. The summed E-state index contributed by atoms with van der Waals surface area (Å²) in [6.07, 6.45) is 0.885. The fraction of sp³-hybridized carbons (Fsp3) is 0.333. The van der Waals surface area contributed by atoms with E-state index in [1.54, 1.807) is 16.4 Å². The molecule has 0 bridgehead atoms. The van der Waals surface area contributed by atoms with E-state index < -0.39 is 10.0 Å². The predicted octanol–water partition coefficient (Wildman–Crippen LogP) is 3.31. The second-order valence-corrected chi connectivity index (χ2v) is 8.16. The molecule has 5 heteroatoms. The highest BCUT2D eigenvalue weighted by Crippen LogP contribution is 2.37. The van der Waals surface area contributed by atoms with Gasteiger partial charge < -0.3 is 0 Å². The number of benzene rings is 1. The summed E-state index contributed by atoms with van der Waals surface area (Å²) in [4.78, 5) is 0. The van der Waals surface area contributed by atoms with Crippen molar-refractivity contribution in [3.8, 4) is 0 Å². The maximum absolute atomic E-state index is 12.6. The van der Waals surface area contributed by atoms with Gasteiger partial charge in [0.2, 0.25) is 0 Å². The minimum Gasteiger partial charge on any atom is -0.206 e. The van der Waals surface area contributed by atoms with Crippen LogP contribution in [0.1, 0.15) is 24.8 Å². The van der Waals surface area contributed by atoms with E-state index in [0.717, 1.165) is 6.42 Å². The Labute approximate surface area is 123 Å². The molecular formula is C15H17NO2S2. The monoisotopic (exact) mass is 307 g/mol. The van der Waals surface area contributed by atoms with Crippen molar-refractivity contribution in [2.45, 2.75) is 29.5 Å². The van der Waals surface area contributed by atoms with E-state index >= 15 is 0 Å². The van der Waals surface area contributed by atoms with Crippen molar-refractivity contribution >= 4 is 21.4 Å². The average Bonchev–Trinajstić information content (AvgIpc) is 3.09. The lowest BCUT2D eigenvalue weighted by Gasteiger charge is -2.23. The minimum absolute atomic E-state index is 0.00417. The number of thiophene rings is 1. The van der Waals surface area contributed by atoms with Gasteiger partial charge in [-0.25, -0.2) is 8.42 Å². The molecule has 1 fully saturated rings. The molecule has 0 saturated carbocycles. The molecule has 1 aliphatic heterocycles. The highest BCUT2D eigenvalue weighted by Gasteiger charge is 2.39. The molecule has 0 aliphatic carbocycles. The van der Waals surface area contributed by atoms with Crippen LogP contribution in [-0.2, 0) is 10.0 Å². The zero-order valence-electron chi connectivity index (χ0n) is 11.3. The summed E-state index contributed by atoms with van der Waals surface area (Å²) in [5, 5.41) is 1.81. The molecule has 2 aromatic rings. The molecule has 0 spiro atoms. The van der Waals surface area contributed by atoms with Crippen LogP contribution in [0.5, 0.6) is 0 Å². The summed E-state index contributed by atoms with van der Waals surface area (Å²) in [6.45, 7) is 2.61. The quantitative estimate of drug-likeness (QED) is 0.872. The van der Waals surface area contributed by atoms with Gasteiger partial charge in [-0.05, 0) is 30.4 Å². The van der Waals surface area contributed by atoms with Crippen LogP contribution in [0.4, 0.5) is 0 Å². The van der Waals surface area contributed by atoms with E-state index in [4.69, 9.17) is 0 Å². The summed E-state index contributed by atoms with van der Waals surface area (Å²) in [7, 11) is -3.33. The van der Waals surface area contributed by atoms with E-state index in [-0.39, 0.29) is 12.0 Å². The summed E-state index contributed by atoms with van der Waals surface area (Å²) in [5.74, 6) is 0.283. The van der Waals surface area contributed by atoms with Crippen molar-refractivity contribution in [3.63, 3.8) is 0 Å². The fourth-order valence-electron chi connectivity index (χ4n) is 2.92. The second kappa shape index (κ2) is 5.31. The Bertz CT molecular complexity index is 665. The molecule has 3 rings (SSSR count). The topological polar surface area (TPSA) is 37.4 Å². The van der Waals surface area contributed by atoms with Gasteiger partial charge in [-0.15, -0.1) is 11.3 Å². The SMILES string of the molecule is CC1C(c2ccccc2)CCN1S(=O)(=O)c1cccs1. The molecule has 1 aromatic carbocycles. The second-order valence-electron chi connectivity index (χ2n) is 5.09. The first-order valence-electron chi connectivity index (χ1n) is 6.71. The van der Waals surface area contributed by atoms with Gasteiger partial charge in [0.15, 0.2) is 0 Å². The standard InChI is InChI=1S/C15H17NO2S2/c1-12-14(13-6-3-2-4-7-13)9-10-16(12)20(17,18)15-8-5-11-19-15/h2-8,11-12,14H,9-10H2,1H3. The molecule has 0 radical (unpaired) electrons. The average molecular weight is 307 g/mol. The lowest BCUT2D eigenvalue weighted by atomic mass is 9.93. The lowest BCUT2D eigenvalue weighted by Crippen LogP contribution is -2.35. The maximum Gasteiger partial charge on any atom is 0.252 e. The Morgan fingerprint density at radius 3 is 2.55 bits per heavy atom. The number of hydrogen-bond donors (Lipinski definition) is 0. The van der Waals surface area contributed by atoms with Gasteiger partial charge in [0.25, 0.3) is 10.0 Å². The van der Waals surface area contributed by atoms with Gasteiger partial charge in [0, 0.05) is 18.5 Å². The number of hydrogen-bond acceptors (Lipinski definition) is 3. The van der Waals surface area contributed by atoms with Crippen LogP contribution in [-0.4, -0.2) is 25.3 Å². The van der Waals surface area contributed by atoms with E-state index in [1.807, 2.05) is 30.5 Å². The summed E-state index contributed by atoms with van der Waals surface area (Å²) in [5.41, 5.74) is 1.23. The van der Waals surface area contributed by atoms with Crippen LogP contribution in [0.2, 0.25) is 0 Å². The molecule has 1 aromatic heterocycles. The third-order valence-electron chi connectivity index (χ3n) is 3.98. The van der Waals surface area contributed by atoms with Crippen LogP contribution < -0.4 is 0 Å². The van der Waals surface area contributed by atoms with Gasteiger partial charge in [-0.2, -0.15) is 4.31 Å². The molecule has 1 saturated heterocycles. The fourth-order valence-corrected chi connectivity index (χ4v) is 5.72. The van der Waals surface area contributed by atoms with E-state index in [0.29, 0.717) is 10.8 Å². The Hall–Kier alpha value is -1.17. The van der Waals surface area contributed by atoms with Crippen LogP contribution in [0, 0.1) is 0 Å². The number of rotatable bonds is 3. The summed E-state index contributed by atoms with van der Waals surface area (Å²) < 4.78 is 27.3. The Balaban J connectivity index is 1.88. The van der Waals surface area contributed by atoms with Crippen LogP contribution in [0.25, 0.3) is 0 Å². The predicted molar refractivity (Wildman–Crippen MR) is 81.5 cm³/mol. The maximum atomic E-state index is 12.6. The van der Waals surface area contributed by atoms with Crippen LogP contribution >= 0.6 is 11.3 Å². The van der Waals surface area contributed by atoms with Gasteiger partial charge in [0.05, 0.1) is 0 Å².